The van der Waals surface area contributed by atoms with Crippen LogP contribution in [-0.4, -0.2) is 43.2 Å². The number of aromatic amines is 1. The topological polar surface area (TPSA) is 126 Å². The Morgan fingerprint density at radius 3 is 2.77 bits per heavy atom. The molecule has 0 aliphatic carbocycles. The number of hydrogen-bond acceptors (Lipinski definition) is 6. The number of fused-ring (bicyclic) bond motifs is 1. The molecule has 35 heavy (non-hydrogen) atoms. The van der Waals surface area contributed by atoms with Crippen LogP contribution in [0.15, 0.2) is 59.5 Å². The third kappa shape index (κ3) is 5.00. The minimum absolute atomic E-state index is 0.0391. The summed E-state index contributed by atoms with van der Waals surface area (Å²) < 4.78 is 18.9. The van der Waals surface area contributed by atoms with Crippen molar-refractivity contribution in [2.24, 2.45) is 7.05 Å². The van der Waals surface area contributed by atoms with Gasteiger partial charge in [-0.15, -0.1) is 0 Å². The summed E-state index contributed by atoms with van der Waals surface area (Å²) in [5.41, 5.74) is 3.84. The van der Waals surface area contributed by atoms with Crippen LogP contribution in [0.3, 0.4) is 0 Å². The molecule has 0 aliphatic rings. The van der Waals surface area contributed by atoms with Crippen LogP contribution in [0.2, 0.25) is 0 Å². The number of methoxy groups -OCH3 is 1. The molecule has 4 aromatic rings. The number of ether oxygens (including phenoxy) is 1. The lowest BCUT2D eigenvalue weighted by Gasteiger charge is -2.16. The van der Waals surface area contributed by atoms with Gasteiger partial charge >= 0.3 is 0 Å². The number of amides is 1. The van der Waals surface area contributed by atoms with Crippen molar-refractivity contribution in [2.75, 3.05) is 13.4 Å². The fourth-order valence-electron chi connectivity index (χ4n) is 3.72. The van der Waals surface area contributed by atoms with Crippen molar-refractivity contribution in [1.29, 1.82) is 5.26 Å². The first kappa shape index (κ1) is 23.9. The Labute approximate surface area is 204 Å². The van der Waals surface area contributed by atoms with Crippen molar-refractivity contribution in [3.8, 4) is 22.9 Å². The molecule has 0 fully saturated rings. The number of aromatic nitrogens is 4. The summed E-state index contributed by atoms with van der Waals surface area (Å²) in [5.74, 6) is -0.0240. The van der Waals surface area contributed by atoms with Gasteiger partial charge in [-0.25, -0.2) is 4.98 Å². The standard InChI is InChI=1S/C25H24N6O3S/c1-15(16-5-6-23(35(4)33)22(9-16)34-3)30-25(32)17(10-26)7-19-12-28-24-21(19)8-18(11-27-24)20-13-29-31(2)14-20/h5-9,11-15H,1-4H3,(H,27,28)(H,30,32)/b17-7+. The van der Waals surface area contributed by atoms with Gasteiger partial charge in [-0.05, 0) is 36.8 Å². The van der Waals surface area contributed by atoms with E-state index in [1.54, 1.807) is 60.7 Å². The first-order chi connectivity index (χ1) is 16.8. The number of aryl methyl sites for hydroxylation is 1. The van der Waals surface area contributed by atoms with E-state index in [2.05, 4.69) is 20.4 Å². The molecular weight excluding hydrogens is 464 g/mol. The molecule has 4 rings (SSSR count). The highest BCUT2D eigenvalue weighted by molar-refractivity contribution is 7.84. The Kier molecular flexibility index (Phi) is 6.80. The van der Waals surface area contributed by atoms with Crippen molar-refractivity contribution < 1.29 is 13.7 Å². The second kappa shape index (κ2) is 9.95. The van der Waals surface area contributed by atoms with Crippen LogP contribution in [0.25, 0.3) is 28.2 Å². The summed E-state index contributed by atoms with van der Waals surface area (Å²) in [6, 6.07) is 8.77. The van der Waals surface area contributed by atoms with Gasteiger partial charge in [0.25, 0.3) is 5.91 Å². The van der Waals surface area contributed by atoms with E-state index in [1.165, 1.54) is 7.11 Å². The molecule has 2 atom stereocenters. The average Bonchev–Trinajstić information content (AvgIpc) is 3.47. The zero-order chi connectivity index (χ0) is 25.1. The van der Waals surface area contributed by atoms with Crippen LogP contribution in [0, 0.1) is 11.3 Å². The smallest absolute Gasteiger partial charge is 0.262 e. The van der Waals surface area contributed by atoms with Gasteiger partial charge in [-0.2, -0.15) is 10.4 Å². The fraction of sp³-hybridized carbons (Fsp3) is 0.200. The molecule has 1 aromatic carbocycles. The molecule has 2 N–H and O–H groups in total. The number of nitrogens with zero attached hydrogens (tertiary/aromatic N) is 4. The second-order valence-corrected chi connectivity index (χ2v) is 9.34. The number of rotatable bonds is 7. The highest BCUT2D eigenvalue weighted by Gasteiger charge is 2.17. The molecular formula is C25H24N6O3S. The van der Waals surface area contributed by atoms with E-state index < -0.39 is 22.7 Å². The van der Waals surface area contributed by atoms with Gasteiger partial charge in [-0.1, -0.05) is 6.07 Å². The van der Waals surface area contributed by atoms with Gasteiger partial charge in [-0.3, -0.25) is 13.7 Å². The molecule has 0 radical (unpaired) electrons. The number of H-pyrrole nitrogens is 1. The van der Waals surface area contributed by atoms with E-state index in [0.717, 1.165) is 22.1 Å². The van der Waals surface area contributed by atoms with E-state index in [1.807, 2.05) is 25.4 Å². The van der Waals surface area contributed by atoms with E-state index in [4.69, 9.17) is 4.74 Å². The Hall–Kier alpha value is -4.23. The van der Waals surface area contributed by atoms with E-state index >= 15 is 0 Å². The predicted molar refractivity (Wildman–Crippen MR) is 134 cm³/mol. The molecule has 0 bridgehead atoms. The van der Waals surface area contributed by atoms with Crippen LogP contribution < -0.4 is 10.1 Å². The Morgan fingerprint density at radius 2 is 2.11 bits per heavy atom. The highest BCUT2D eigenvalue weighted by Crippen LogP contribution is 2.27. The van der Waals surface area contributed by atoms with Crippen LogP contribution in [0.5, 0.6) is 5.75 Å². The molecule has 0 aliphatic heterocycles. The summed E-state index contributed by atoms with van der Waals surface area (Å²) in [6.45, 7) is 1.81. The number of nitrogens with one attached hydrogen (secondary N) is 2. The van der Waals surface area contributed by atoms with Gasteiger partial charge in [0.05, 0.1) is 35.0 Å². The third-order valence-electron chi connectivity index (χ3n) is 5.61. The maximum atomic E-state index is 12.9. The summed E-state index contributed by atoms with van der Waals surface area (Å²) in [4.78, 5) is 21.0. The quantitative estimate of drug-likeness (QED) is 0.303. The highest BCUT2D eigenvalue weighted by atomic mass is 32.2. The molecule has 0 saturated carbocycles. The Morgan fingerprint density at radius 1 is 1.31 bits per heavy atom. The molecule has 9 nitrogen and oxygen atoms in total. The van der Waals surface area contributed by atoms with Crippen molar-refractivity contribution in [3.05, 3.63) is 65.8 Å². The lowest BCUT2D eigenvalue weighted by molar-refractivity contribution is -0.117. The number of hydrogen-bond donors (Lipinski definition) is 2. The minimum Gasteiger partial charge on any atom is -0.495 e. The molecule has 10 heteroatoms. The Balaban J connectivity index is 1.59. The zero-order valence-corrected chi connectivity index (χ0v) is 20.5. The monoisotopic (exact) mass is 488 g/mol. The number of benzene rings is 1. The van der Waals surface area contributed by atoms with E-state index in [0.29, 0.717) is 21.9 Å². The maximum absolute atomic E-state index is 12.9. The molecule has 1 amide bonds. The number of carbonyl (C=O) groups excluding carboxylic acids is 1. The number of pyridine rings is 1. The van der Waals surface area contributed by atoms with Gasteiger partial charge in [0.1, 0.15) is 23.0 Å². The minimum atomic E-state index is -1.20. The molecule has 0 saturated heterocycles. The first-order valence-electron chi connectivity index (χ1n) is 10.7. The SMILES string of the molecule is COc1cc(C(C)NC(=O)/C(C#N)=C/c2c[nH]c3ncc(-c4cnn(C)c4)cc23)ccc1S(C)=O. The van der Waals surface area contributed by atoms with Crippen LogP contribution in [0.4, 0.5) is 0 Å². The molecule has 3 heterocycles. The largest absolute Gasteiger partial charge is 0.495 e. The van der Waals surface area contributed by atoms with Crippen LogP contribution >= 0.6 is 0 Å². The molecule has 2 unspecified atom stereocenters. The van der Waals surface area contributed by atoms with Crippen molar-refractivity contribution >= 4 is 33.8 Å². The molecule has 0 spiro atoms. The van der Waals surface area contributed by atoms with Crippen molar-refractivity contribution in [3.63, 3.8) is 0 Å². The molecule has 3 aromatic heterocycles. The van der Waals surface area contributed by atoms with Gasteiger partial charge in [0, 0.05) is 54.0 Å². The van der Waals surface area contributed by atoms with Crippen molar-refractivity contribution in [1.82, 2.24) is 25.1 Å². The Bertz CT molecular complexity index is 1510. The van der Waals surface area contributed by atoms with E-state index in [9.17, 15) is 14.3 Å². The second-order valence-electron chi connectivity index (χ2n) is 8.00. The summed E-state index contributed by atoms with van der Waals surface area (Å²) in [5, 5.41) is 17.5. The van der Waals surface area contributed by atoms with Gasteiger partial charge in [0.15, 0.2) is 0 Å². The number of carbonyl (C=O) groups is 1. The lowest BCUT2D eigenvalue weighted by Crippen LogP contribution is -2.27. The zero-order valence-electron chi connectivity index (χ0n) is 19.7. The average molecular weight is 489 g/mol. The first-order valence-corrected chi connectivity index (χ1v) is 12.3. The van der Waals surface area contributed by atoms with E-state index in [-0.39, 0.29) is 5.57 Å². The number of nitriles is 1. The maximum Gasteiger partial charge on any atom is 0.262 e. The van der Waals surface area contributed by atoms with Gasteiger partial charge in [0.2, 0.25) is 0 Å². The summed E-state index contributed by atoms with van der Waals surface area (Å²) in [6.07, 6.45) is 10.2. The van der Waals surface area contributed by atoms with Gasteiger partial charge < -0.3 is 15.0 Å². The molecule has 178 valence electrons. The predicted octanol–water partition coefficient (Wildman–Crippen LogP) is 3.49. The van der Waals surface area contributed by atoms with Crippen LogP contribution in [-0.2, 0) is 22.6 Å². The fourth-order valence-corrected chi connectivity index (χ4v) is 4.41. The third-order valence-corrected chi connectivity index (χ3v) is 6.57. The summed E-state index contributed by atoms with van der Waals surface area (Å²) >= 11 is 0. The summed E-state index contributed by atoms with van der Waals surface area (Å²) in [7, 11) is 2.14. The van der Waals surface area contributed by atoms with Crippen molar-refractivity contribution in [2.45, 2.75) is 17.9 Å². The lowest BCUT2D eigenvalue weighted by atomic mass is 10.1. The van der Waals surface area contributed by atoms with Crippen LogP contribution in [0.1, 0.15) is 24.1 Å². The normalized spacial score (nSPS) is 13.3.